The van der Waals surface area contributed by atoms with Crippen LogP contribution in [0.25, 0.3) is 11.2 Å². The zero-order valence-electron chi connectivity index (χ0n) is 11.0. The fraction of sp³-hybridized carbons (Fsp3) is 0.571. The summed E-state index contributed by atoms with van der Waals surface area (Å²) in [6.07, 6.45) is 4.18. The number of aromatic nitrogens is 3. The molecule has 0 aliphatic carbocycles. The molecule has 0 amide bonds. The smallest absolute Gasteiger partial charge is 0.160 e. The van der Waals surface area contributed by atoms with E-state index in [4.69, 9.17) is 9.72 Å². The van der Waals surface area contributed by atoms with Gasteiger partial charge in [-0.1, -0.05) is 13.8 Å². The maximum absolute atomic E-state index is 5.78. The van der Waals surface area contributed by atoms with Crippen molar-refractivity contribution in [3.63, 3.8) is 0 Å². The van der Waals surface area contributed by atoms with Crippen LogP contribution >= 0.6 is 0 Å². The first-order chi connectivity index (χ1) is 8.75. The molecule has 1 saturated heterocycles. The van der Waals surface area contributed by atoms with Gasteiger partial charge in [-0.2, -0.15) is 0 Å². The van der Waals surface area contributed by atoms with E-state index in [2.05, 4.69) is 23.4 Å². The van der Waals surface area contributed by atoms with Crippen LogP contribution in [0.3, 0.4) is 0 Å². The van der Waals surface area contributed by atoms with Gasteiger partial charge in [-0.3, -0.25) is 0 Å². The number of nitrogens with zero attached hydrogens (tertiary/aromatic N) is 3. The van der Waals surface area contributed by atoms with Gasteiger partial charge in [0.25, 0.3) is 0 Å². The van der Waals surface area contributed by atoms with Crippen LogP contribution in [0.1, 0.15) is 38.6 Å². The van der Waals surface area contributed by atoms with Crippen LogP contribution in [0, 0.1) is 5.92 Å². The third-order valence-corrected chi connectivity index (χ3v) is 3.30. The van der Waals surface area contributed by atoms with Crippen LogP contribution in [0.2, 0.25) is 0 Å². The highest BCUT2D eigenvalue weighted by molar-refractivity contribution is 5.71. The highest BCUT2D eigenvalue weighted by atomic mass is 16.5. The van der Waals surface area contributed by atoms with E-state index in [0.29, 0.717) is 5.92 Å². The van der Waals surface area contributed by atoms with E-state index in [-0.39, 0.29) is 6.10 Å². The molecule has 0 bridgehead atoms. The quantitative estimate of drug-likeness (QED) is 0.834. The van der Waals surface area contributed by atoms with Gasteiger partial charge in [0.2, 0.25) is 0 Å². The zero-order valence-corrected chi connectivity index (χ0v) is 11.0. The molecule has 18 heavy (non-hydrogen) atoms. The fourth-order valence-corrected chi connectivity index (χ4v) is 2.55. The molecule has 0 radical (unpaired) electrons. The average molecular weight is 245 g/mol. The molecule has 0 N–H and O–H groups in total. The summed E-state index contributed by atoms with van der Waals surface area (Å²) in [5.41, 5.74) is 1.96. The predicted octanol–water partition coefficient (Wildman–Crippen LogP) is 2.94. The molecular weight excluding hydrogens is 226 g/mol. The van der Waals surface area contributed by atoms with E-state index < -0.39 is 0 Å². The van der Waals surface area contributed by atoms with Crippen LogP contribution in [0.5, 0.6) is 0 Å². The first-order valence-electron chi connectivity index (χ1n) is 6.68. The van der Waals surface area contributed by atoms with Crippen molar-refractivity contribution in [3.05, 3.63) is 24.2 Å². The third kappa shape index (κ3) is 2.01. The largest absolute Gasteiger partial charge is 0.370 e. The Balaban J connectivity index is 2.10. The van der Waals surface area contributed by atoms with Crippen molar-refractivity contribution in [1.29, 1.82) is 0 Å². The summed E-state index contributed by atoms with van der Waals surface area (Å²) in [6.45, 7) is 6.23. The molecule has 3 heterocycles. The van der Waals surface area contributed by atoms with Crippen molar-refractivity contribution < 1.29 is 4.74 Å². The van der Waals surface area contributed by atoms with Gasteiger partial charge in [-0.25, -0.2) is 9.97 Å². The Morgan fingerprint density at radius 3 is 3.11 bits per heavy atom. The lowest BCUT2D eigenvalue weighted by Crippen LogP contribution is -2.12. The molecule has 3 rings (SSSR count). The predicted molar refractivity (Wildman–Crippen MR) is 70.3 cm³/mol. The number of ether oxygens (including phenoxy) is 1. The second-order valence-electron chi connectivity index (χ2n) is 5.32. The minimum atomic E-state index is 0.151. The molecule has 4 nitrogen and oxygen atoms in total. The molecule has 4 heteroatoms. The van der Waals surface area contributed by atoms with Gasteiger partial charge in [0.1, 0.15) is 17.4 Å². The standard InChI is InChI=1S/C14H19N3O/c1-10(2)9-17-13-11(5-3-7-15-13)16-14(17)12-6-4-8-18-12/h3,5,7,10,12H,4,6,8-9H2,1-2H3. The Morgan fingerprint density at radius 1 is 1.50 bits per heavy atom. The molecule has 1 atom stereocenters. The van der Waals surface area contributed by atoms with Gasteiger partial charge in [0.05, 0.1) is 0 Å². The first kappa shape index (κ1) is 11.7. The van der Waals surface area contributed by atoms with Crippen LogP contribution in [0.15, 0.2) is 18.3 Å². The summed E-state index contributed by atoms with van der Waals surface area (Å²) in [5.74, 6) is 1.62. The van der Waals surface area contributed by atoms with Crippen LogP contribution in [-0.2, 0) is 11.3 Å². The lowest BCUT2D eigenvalue weighted by atomic mass is 10.2. The molecule has 2 aromatic rings. The van der Waals surface area contributed by atoms with Crippen LogP contribution in [0.4, 0.5) is 0 Å². The molecule has 1 aliphatic heterocycles. The maximum Gasteiger partial charge on any atom is 0.160 e. The van der Waals surface area contributed by atoms with Gasteiger partial charge in [0.15, 0.2) is 5.65 Å². The summed E-state index contributed by atoms with van der Waals surface area (Å²) in [4.78, 5) is 9.19. The minimum absolute atomic E-state index is 0.151. The molecule has 0 spiro atoms. The lowest BCUT2D eigenvalue weighted by molar-refractivity contribution is 0.102. The summed E-state index contributed by atoms with van der Waals surface area (Å²) in [5, 5.41) is 0. The van der Waals surface area contributed by atoms with Gasteiger partial charge in [-0.15, -0.1) is 0 Å². The van der Waals surface area contributed by atoms with Crippen molar-refractivity contribution in [1.82, 2.24) is 14.5 Å². The highest BCUT2D eigenvalue weighted by Crippen LogP contribution is 2.30. The number of imidazole rings is 1. The Kier molecular flexibility index (Phi) is 3.04. The van der Waals surface area contributed by atoms with E-state index in [0.717, 1.165) is 43.0 Å². The zero-order chi connectivity index (χ0) is 12.5. The number of rotatable bonds is 3. The van der Waals surface area contributed by atoms with Crippen molar-refractivity contribution in [2.75, 3.05) is 6.61 Å². The van der Waals surface area contributed by atoms with Gasteiger partial charge >= 0.3 is 0 Å². The molecule has 1 fully saturated rings. The monoisotopic (exact) mass is 245 g/mol. The van der Waals surface area contributed by atoms with Gasteiger partial charge < -0.3 is 9.30 Å². The Morgan fingerprint density at radius 2 is 2.39 bits per heavy atom. The fourth-order valence-electron chi connectivity index (χ4n) is 2.55. The molecule has 1 unspecified atom stereocenters. The summed E-state index contributed by atoms with van der Waals surface area (Å²) >= 11 is 0. The topological polar surface area (TPSA) is 39.9 Å². The van der Waals surface area contributed by atoms with E-state index in [1.54, 1.807) is 0 Å². The average Bonchev–Trinajstić information content (AvgIpc) is 2.96. The Labute approximate surface area is 107 Å². The van der Waals surface area contributed by atoms with E-state index in [1.165, 1.54) is 0 Å². The van der Waals surface area contributed by atoms with Gasteiger partial charge in [0, 0.05) is 19.3 Å². The number of fused-ring (bicyclic) bond motifs is 1. The van der Waals surface area contributed by atoms with E-state index in [9.17, 15) is 0 Å². The molecule has 1 aliphatic rings. The summed E-state index contributed by atoms with van der Waals surface area (Å²) < 4.78 is 8.01. The normalized spacial score (nSPS) is 20.1. The van der Waals surface area contributed by atoms with Crippen molar-refractivity contribution in [2.24, 2.45) is 5.92 Å². The Hall–Kier alpha value is -1.42. The van der Waals surface area contributed by atoms with Crippen LogP contribution < -0.4 is 0 Å². The van der Waals surface area contributed by atoms with Crippen molar-refractivity contribution in [3.8, 4) is 0 Å². The number of pyridine rings is 1. The van der Waals surface area contributed by atoms with Crippen molar-refractivity contribution in [2.45, 2.75) is 39.3 Å². The SMILES string of the molecule is CC(C)Cn1c(C2CCCO2)nc2cccnc21. The van der Waals surface area contributed by atoms with E-state index >= 15 is 0 Å². The second kappa shape index (κ2) is 4.69. The van der Waals surface area contributed by atoms with E-state index in [1.807, 2.05) is 18.3 Å². The molecular formula is C14H19N3O. The molecule has 0 aromatic carbocycles. The maximum atomic E-state index is 5.78. The first-order valence-corrected chi connectivity index (χ1v) is 6.68. The minimum Gasteiger partial charge on any atom is -0.370 e. The van der Waals surface area contributed by atoms with Crippen molar-refractivity contribution >= 4 is 11.2 Å². The molecule has 96 valence electrons. The summed E-state index contributed by atoms with van der Waals surface area (Å²) in [6, 6.07) is 3.96. The second-order valence-corrected chi connectivity index (χ2v) is 5.32. The number of hydrogen-bond acceptors (Lipinski definition) is 3. The Bertz CT molecular complexity index is 541. The van der Waals surface area contributed by atoms with Crippen LogP contribution in [-0.4, -0.2) is 21.1 Å². The number of hydrogen-bond donors (Lipinski definition) is 0. The summed E-state index contributed by atoms with van der Waals surface area (Å²) in [7, 11) is 0. The molecule has 2 aromatic heterocycles. The third-order valence-electron chi connectivity index (χ3n) is 3.30. The molecule has 0 saturated carbocycles. The van der Waals surface area contributed by atoms with Gasteiger partial charge in [-0.05, 0) is 30.9 Å². The highest BCUT2D eigenvalue weighted by Gasteiger charge is 2.25. The lowest BCUT2D eigenvalue weighted by Gasteiger charge is -2.14.